The zero-order valence-corrected chi connectivity index (χ0v) is 13.0. The Balaban J connectivity index is 2.19. The molecule has 0 aliphatic heterocycles. The number of rotatable bonds is 3. The van der Waals surface area contributed by atoms with Gasteiger partial charge >= 0.3 is 0 Å². The maximum atomic E-state index is 13.9. The third-order valence-corrected chi connectivity index (χ3v) is 5.03. The molecule has 1 aromatic heterocycles. The maximum absolute atomic E-state index is 13.9. The molecule has 18 heavy (non-hydrogen) atoms. The molecule has 0 atom stereocenters. The lowest BCUT2D eigenvalue weighted by Crippen LogP contribution is -2.01. The van der Waals surface area contributed by atoms with E-state index in [2.05, 4.69) is 37.2 Å². The van der Waals surface area contributed by atoms with E-state index in [-0.39, 0.29) is 10.0 Å². The van der Waals surface area contributed by atoms with Crippen molar-refractivity contribution < 1.29 is 4.39 Å². The molecular formula is C12H7Br2FN2S. The smallest absolute Gasteiger partial charge is 0.161 e. The molecule has 1 heterocycles. The van der Waals surface area contributed by atoms with E-state index in [1.807, 2.05) is 17.5 Å². The van der Waals surface area contributed by atoms with E-state index in [4.69, 9.17) is 5.26 Å². The normalized spacial score (nSPS) is 10.1. The second kappa shape index (κ2) is 5.83. The molecule has 2 aromatic rings. The van der Waals surface area contributed by atoms with Crippen LogP contribution in [0, 0.1) is 17.1 Å². The summed E-state index contributed by atoms with van der Waals surface area (Å²) in [5.41, 5.74) is 0.663. The van der Waals surface area contributed by atoms with Crippen LogP contribution >= 0.6 is 43.2 Å². The highest BCUT2D eigenvalue weighted by atomic mass is 79.9. The standard InChI is InChI=1S/C12H7Br2FN2S/c13-8-3-4-18-10(8)6-17-9-2-1-7(5-16)11(14)12(9)15/h1-4,17H,6H2. The van der Waals surface area contributed by atoms with E-state index in [9.17, 15) is 4.39 Å². The number of hydrogen-bond donors (Lipinski definition) is 1. The van der Waals surface area contributed by atoms with Crippen LogP contribution in [0.4, 0.5) is 10.1 Å². The van der Waals surface area contributed by atoms with Gasteiger partial charge in [0.05, 0.1) is 22.3 Å². The van der Waals surface area contributed by atoms with Crippen molar-refractivity contribution in [2.75, 3.05) is 5.32 Å². The van der Waals surface area contributed by atoms with Crippen LogP contribution in [0.25, 0.3) is 0 Å². The van der Waals surface area contributed by atoms with Crippen LogP contribution in [-0.4, -0.2) is 0 Å². The van der Waals surface area contributed by atoms with Gasteiger partial charge in [-0.2, -0.15) is 5.26 Å². The summed E-state index contributed by atoms with van der Waals surface area (Å²) >= 11 is 8.09. The molecule has 2 nitrogen and oxygen atoms in total. The third-order valence-electron chi connectivity index (χ3n) is 2.33. The predicted molar refractivity (Wildman–Crippen MR) is 78.2 cm³/mol. The lowest BCUT2D eigenvalue weighted by Gasteiger charge is -2.08. The predicted octanol–water partition coefficient (Wildman–Crippen LogP) is 4.90. The van der Waals surface area contributed by atoms with Crippen LogP contribution in [0.2, 0.25) is 0 Å². The molecule has 0 bridgehead atoms. The Bertz CT molecular complexity index is 619. The van der Waals surface area contributed by atoms with Crippen molar-refractivity contribution in [3.05, 3.63) is 48.8 Å². The summed E-state index contributed by atoms with van der Waals surface area (Å²) in [4.78, 5) is 1.09. The van der Waals surface area contributed by atoms with Crippen LogP contribution in [0.3, 0.4) is 0 Å². The van der Waals surface area contributed by atoms with E-state index < -0.39 is 5.82 Å². The molecule has 0 fully saturated rings. The average molecular weight is 390 g/mol. The average Bonchev–Trinajstić information content (AvgIpc) is 2.77. The van der Waals surface area contributed by atoms with Gasteiger partial charge in [0.1, 0.15) is 6.07 Å². The number of thiophene rings is 1. The zero-order valence-electron chi connectivity index (χ0n) is 9.01. The molecule has 0 amide bonds. The van der Waals surface area contributed by atoms with Gasteiger partial charge in [-0.05, 0) is 55.4 Å². The van der Waals surface area contributed by atoms with E-state index >= 15 is 0 Å². The summed E-state index contributed by atoms with van der Waals surface area (Å²) in [5.74, 6) is -0.443. The van der Waals surface area contributed by atoms with Gasteiger partial charge in [-0.1, -0.05) is 0 Å². The lowest BCUT2D eigenvalue weighted by atomic mass is 10.2. The number of nitriles is 1. The Labute approximate surface area is 125 Å². The lowest BCUT2D eigenvalue weighted by molar-refractivity contribution is 0.623. The molecule has 1 aromatic carbocycles. The molecule has 6 heteroatoms. The van der Waals surface area contributed by atoms with Crippen molar-refractivity contribution in [2.24, 2.45) is 0 Å². The van der Waals surface area contributed by atoms with E-state index in [0.717, 1.165) is 9.35 Å². The zero-order chi connectivity index (χ0) is 13.1. The van der Waals surface area contributed by atoms with Gasteiger partial charge in [-0.15, -0.1) is 11.3 Å². The first-order chi connectivity index (χ1) is 8.63. The van der Waals surface area contributed by atoms with Crippen LogP contribution < -0.4 is 5.32 Å². The van der Waals surface area contributed by atoms with Crippen molar-refractivity contribution in [3.63, 3.8) is 0 Å². The summed E-state index contributed by atoms with van der Waals surface area (Å²) in [5, 5.41) is 13.8. The van der Waals surface area contributed by atoms with Gasteiger partial charge in [0.15, 0.2) is 5.82 Å². The number of nitrogens with zero attached hydrogens (tertiary/aromatic N) is 1. The Morgan fingerprint density at radius 1 is 1.33 bits per heavy atom. The number of hydrogen-bond acceptors (Lipinski definition) is 3. The van der Waals surface area contributed by atoms with Crippen LogP contribution in [0.1, 0.15) is 10.4 Å². The number of benzene rings is 1. The Morgan fingerprint density at radius 2 is 2.11 bits per heavy atom. The summed E-state index contributed by atoms with van der Waals surface area (Å²) < 4.78 is 15.1. The first-order valence-electron chi connectivity index (χ1n) is 4.97. The molecular weight excluding hydrogens is 383 g/mol. The summed E-state index contributed by atoms with van der Waals surface area (Å²) in [6.07, 6.45) is 0. The van der Waals surface area contributed by atoms with Gasteiger partial charge in [-0.3, -0.25) is 0 Å². The topological polar surface area (TPSA) is 35.8 Å². The van der Waals surface area contributed by atoms with E-state index in [1.54, 1.807) is 23.5 Å². The van der Waals surface area contributed by atoms with E-state index in [1.165, 1.54) is 0 Å². The van der Waals surface area contributed by atoms with Gasteiger partial charge in [0, 0.05) is 9.35 Å². The number of nitrogens with one attached hydrogen (secondary N) is 1. The second-order valence-electron chi connectivity index (χ2n) is 3.45. The van der Waals surface area contributed by atoms with Gasteiger partial charge in [-0.25, -0.2) is 4.39 Å². The summed E-state index contributed by atoms with van der Waals surface area (Å²) in [6, 6.07) is 7.03. The van der Waals surface area contributed by atoms with Crippen LogP contribution in [0.5, 0.6) is 0 Å². The number of anilines is 1. The Hall–Kier alpha value is -0.900. The highest BCUT2D eigenvalue weighted by Crippen LogP contribution is 2.28. The quantitative estimate of drug-likeness (QED) is 0.810. The van der Waals surface area contributed by atoms with Crippen molar-refractivity contribution in [1.82, 2.24) is 0 Å². The van der Waals surface area contributed by atoms with Crippen molar-refractivity contribution in [1.29, 1.82) is 5.26 Å². The first kappa shape index (κ1) is 13.5. The molecule has 0 aliphatic rings. The Morgan fingerprint density at radius 3 is 2.72 bits per heavy atom. The minimum atomic E-state index is -0.443. The highest BCUT2D eigenvalue weighted by molar-refractivity contribution is 9.10. The maximum Gasteiger partial charge on any atom is 0.161 e. The third kappa shape index (κ3) is 2.74. The van der Waals surface area contributed by atoms with Crippen molar-refractivity contribution in [3.8, 4) is 6.07 Å². The van der Waals surface area contributed by atoms with Gasteiger partial charge in [0.25, 0.3) is 0 Å². The van der Waals surface area contributed by atoms with Crippen LogP contribution in [0.15, 0.2) is 32.5 Å². The summed E-state index contributed by atoms with van der Waals surface area (Å²) in [7, 11) is 0. The minimum Gasteiger partial charge on any atom is -0.378 e. The SMILES string of the molecule is N#Cc1ccc(NCc2sccc2Br)c(F)c1Br. The molecule has 92 valence electrons. The second-order valence-corrected chi connectivity index (χ2v) is 6.09. The molecule has 0 radical (unpaired) electrons. The molecule has 0 unspecified atom stereocenters. The van der Waals surface area contributed by atoms with Crippen molar-refractivity contribution in [2.45, 2.75) is 6.54 Å². The van der Waals surface area contributed by atoms with E-state index in [0.29, 0.717) is 12.2 Å². The largest absolute Gasteiger partial charge is 0.378 e. The molecule has 2 rings (SSSR count). The van der Waals surface area contributed by atoms with Gasteiger partial charge in [0.2, 0.25) is 0 Å². The summed E-state index contributed by atoms with van der Waals surface area (Å²) in [6.45, 7) is 0.535. The van der Waals surface area contributed by atoms with Gasteiger partial charge < -0.3 is 5.32 Å². The minimum absolute atomic E-state index is 0.195. The highest BCUT2D eigenvalue weighted by Gasteiger charge is 2.11. The van der Waals surface area contributed by atoms with Crippen molar-refractivity contribution >= 4 is 48.9 Å². The first-order valence-corrected chi connectivity index (χ1v) is 7.44. The fraction of sp³-hybridized carbons (Fsp3) is 0.0833. The monoisotopic (exact) mass is 388 g/mol. The fourth-order valence-corrected chi connectivity index (χ4v) is 3.27. The molecule has 0 saturated carbocycles. The van der Waals surface area contributed by atoms with Crippen LogP contribution in [-0.2, 0) is 6.54 Å². The molecule has 0 spiro atoms. The number of halogens is 3. The molecule has 0 saturated heterocycles. The fourth-order valence-electron chi connectivity index (χ4n) is 1.40. The molecule has 1 N–H and O–H groups in total. The molecule has 0 aliphatic carbocycles. The Kier molecular flexibility index (Phi) is 4.38.